The van der Waals surface area contributed by atoms with E-state index in [9.17, 15) is 8.42 Å². The molecule has 9 heteroatoms. The molecule has 138 valence electrons. The van der Waals surface area contributed by atoms with Gasteiger partial charge in [0.05, 0.1) is 11.4 Å². The summed E-state index contributed by atoms with van der Waals surface area (Å²) in [6.45, 7) is 7.52. The average Bonchev–Trinajstić information content (AvgIpc) is 3.11. The lowest BCUT2D eigenvalue weighted by atomic mass is 9.96. The number of piperidine rings is 1. The molecule has 0 aliphatic carbocycles. The minimum atomic E-state index is -3.52. The molecule has 8 nitrogen and oxygen atoms in total. The van der Waals surface area contributed by atoms with Crippen molar-refractivity contribution < 1.29 is 8.42 Å². The van der Waals surface area contributed by atoms with Crippen molar-refractivity contribution in [1.82, 2.24) is 28.9 Å². The van der Waals surface area contributed by atoms with Crippen LogP contribution >= 0.6 is 0 Å². The third kappa shape index (κ3) is 3.35. The van der Waals surface area contributed by atoms with Gasteiger partial charge in [0.25, 0.3) is 0 Å². The lowest BCUT2D eigenvalue weighted by Gasteiger charge is -2.31. The van der Waals surface area contributed by atoms with Gasteiger partial charge in [-0.2, -0.15) is 9.40 Å². The van der Waals surface area contributed by atoms with Crippen LogP contribution in [0.25, 0.3) is 0 Å². The van der Waals surface area contributed by atoms with Crippen molar-refractivity contribution in [2.75, 3.05) is 13.1 Å². The highest BCUT2D eigenvalue weighted by Gasteiger charge is 2.34. The maximum Gasteiger partial charge on any atom is 0.246 e. The van der Waals surface area contributed by atoms with E-state index in [0.29, 0.717) is 29.4 Å². The van der Waals surface area contributed by atoms with Crippen LogP contribution in [0.2, 0.25) is 0 Å². The third-order valence-electron chi connectivity index (χ3n) is 5.03. The number of rotatable bonds is 5. The molecule has 0 N–H and O–H groups in total. The summed E-state index contributed by atoms with van der Waals surface area (Å²) in [5.74, 6) is 1.19. The second kappa shape index (κ2) is 6.87. The van der Waals surface area contributed by atoms with Crippen LogP contribution < -0.4 is 0 Å². The van der Waals surface area contributed by atoms with Gasteiger partial charge in [-0.3, -0.25) is 4.68 Å². The van der Waals surface area contributed by atoms with E-state index in [1.54, 1.807) is 36.2 Å². The van der Waals surface area contributed by atoms with E-state index in [-0.39, 0.29) is 5.92 Å². The molecule has 0 spiro atoms. The Morgan fingerprint density at radius 2 is 2.08 bits per heavy atom. The van der Waals surface area contributed by atoms with Crippen LogP contribution in [0.4, 0.5) is 0 Å². The number of nitrogens with zero attached hydrogens (tertiary/aromatic N) is 6. The van der Waals surface area contributed by atoms with Gasteiger partial charge in [-0.05, 0) is 39.5 Å². The van der Waals surface area contributed by atoms with Gasteiger partial charge in [0, 0.05) is 33.1 Å². The highest BCUT2D eigenvalue weighted by atomic mass is 32.2. The molecule has 25 heavy (non-hydrogen) atoms. The van der Waals surface area contributed by atoms with Crippen LogP contribution in [-0.2, 0) is 30.0 Å². The molecule has 1 fully saturated rings. The van der Waals surface area contributed by atoms with E-state index >= 15 is 0 Å². The van der Waals surface area contributed by atoms with E-state index in [2.05, 4.69) is 22.2 Å². The fourth-order valence-corrected chi connectivity index (χ4v) is 5.58. The molecule has 3 heterocycles. The molecule has 0 radical (unpaired) electrons. The van der Waals surface area contributed by atoms with Crippen molar-refractivity contribution in [3.05, 3.63) is 23.5 Å². The molecule has 1 unspecified atom stereocenters. The molecule has 0 amide bonds. The zero-order valence-corrected chi connectivity index (χ0v) is 16.1. The van der Waals surface area contributed by atoms with Crippen LogP contribution in [0, 0.1) is 19.8 Å². The molecule has 1 atom stereocenters. The van der Waals surface area contributed by atoms with Gasteiger partial charge in [0.2, 0.25) is 10.0 Å². The van der Waals surface area contributed by atoms with Crippen molar-refractivity contribution in [3.8, 4) is 0 Å². The van der Waals surface area contributed by atoms with E-state index in [1.807, 2.05) is 4.57 Å². The standard InChI is InChI=1S/C16H26N6O2S/c1-5-21-11-17-18-15(21)9-14-7-6-8-22(10-14)25(23,24)16-12(2)19-20(4)13(16)3/h11,14H,5-10H2,1-4H3. The van der Waals surface area contributed by atoms with Crippen molar-refractivity contribution in [3.63, 3.8) is 0 Å². The zero-order chi connectivity index (χ0) is 18.2. The number of aromatic nitrogens is 5. The maximum atomic E-state index is 13.2. The van der Waals surface area contributed by atoms with Gasteiger partial charge in [0.15, 0.2) is 0 Å². The average molecular weight is 366 g/mol. The summed E-state index contributed by atoms with van der Waals surface area (Å²) in [4.78, 5) is 0.354. The zero-order valence-electron chi connectivity index (χ0n) is 15.3. The molecule has 0 aromatic carbocycles. The number of hydrogen-bond acceptors (Lipinski definition) is 5. The lowest BCUT2D eigenvalue weighted by molar-refractivity contribution is 0.261. The molecule has 2 aromatic rings. The summed E-state index contributed by atoms with van der Waals surface area (Å²) in [7, 11) is -1.75. The second-order valence-electron chi connectivity index (χ2n) is 6.73. The van der Waals surface area contributed by atoms with Gasteiger partial charge in [0.1, 0.15) is 17.0 Å². The predicted octanol–water partition coefficient (Wildman–Crippen LogP) is 1.29. The van der Waals surface area contributed by atoms with Crippen molar-refractivity contribution in [2.24, 2.45) is 13.0 Å². The predicted molar refractivity (Wildman–Crippen MR) is 93.6 cm³/mol. The number of aryl methyl sites for hydroxylation is 3. The quantitative estimate of drug-likeness (QED) is 0.796. The molecule has 1 aliphatic heterocycles. The van der Waals surface area contributed by atoms with Crippen LogP contribution in [0.1, 0.15) is 37.0 Å². The van der Waals surface area contributed by atoms with E-state index in [4.69, 9.17) is 0 Å². The van der Waals surface area contributed by atoms with E-state index in [0.717, 1.165) is 31.6 Å². The third-order valence-corrected chi connectivity index (χ3v) is 7.15. The van der Waals surface area contributed by atoms with Crippen molar-refractivity contribution in [1.29, 1.82) is 0 Å². The van der Waals surface area contributed by atoms with E-state index in [1.165, 1.54) is 0 Å². The monoisotopic (exact) mass is 366 g/mol. The first-order valence-corrected chi connectivity index (χ1v) is 10.2. The molecule has 0 saturated carbocycles. The van der Waals surface area contributed by atoms with Gasteiger partial charge < -0.3 is 4.57 Å². The summed E-state index contributed by atoms with van der Waals surface area (Å²) in [5, 5.41) is 12.4. The Kier molecular flexibility index (Phi) is 4.97. The van der Waals surface area contributed by atoms with Gasteiger partial charge in [-0.25, -0.2) is 8.42 Å². The fourth-order valence-electron chi connectivity index (χ4n) is 3.63. The number of hydrogen-bond donors (Lipinski definition) is 0. The lowest BCUT2D eigenvalue weighted by Crippen LogP contribution is -2.41. The summed E-state index contributed by atoms with van der Waals surface area (Å²) < 4.78 is 31.6. The largest absolute Gasteiger partial charge is 0.318 e. The SMILES string of the molecule is CCn1cnnc1CC1CCCN(S(=O)(=O)c2c(C)nn(C)c2C)C1. The smallest absolute Gasteiger partial charge is 0.246 e. The van der Waals surface area contributed by atoms with Gasteiger partial charge in [-0.1, -0.05) is 0 Å². The highest BCUT2D eigenvalue weighted by molar-refractivity contribution is 7.89. The topological polar surface area (TPSA) is 85.9 Å². The Bertz CT molecular complexity index is 854. The Labute approximate surface area is 148 Å². The van der Waals surface area contributed by atoms with Gasteiger partial charge in [-0.15, -0.1) is 10.2 Å². The summed E-state index contributed by atoms with van der Waals surface area (Å²) in [6, 6.07) is 0. The molecule has 3 rings (SSSR count). The fraction of sp³-hybridized carbons (Fsp3) is 0.688. The van der Waals surface area contributed by atoms with Crippen LogP contribution in [0.5, 0.6) is 0 Å². The Morgan fingerprint density at radius 1 is 1.32 bits per heavy atom. The van der Waals surface area contributed by atoms with Gasteiger partial charge >= 0.3 is 0 Å². The number of sulfonamides is 1. The first kappa shape index (κ1) is 18.1. The molecule has 0 bridgehead atoms. The van der Waals surface area contributed by atoms with Crippen LogP contribution in [0.3, 0.4) is 0 Å². The minimum Gasteiger partial charge on any atom is -0.318 e. The minimum absolute atomic E-state index is 0.260. The first-order chi connectivity index (χ1) is 11.8. The Balaban J connectivity index is 1.81. The first-order valence-electron chi connectivity index (χ1n) is 8.71. The summed E-state index contributed by atoms with van der Waals surface area (Å²) in [5.41, 5.74) is 1.25. The maximum absolute atomic E-state index is 13.2. The van der Waals surface area contributed by atoms with Crippen LogP contribution in [0.15, 0.2) is 11.2 Å². The molecular formula is C16H26N6O2S. The van der Waals surface area contributed by atoms with Crippen LogP contribution in [-0.4, -0.2) is 50.4 Å². The molecular weight excluding hydrogens is 340 g/mol. The van der Waals surface area contributed by atoms with E-state index < -0.39 is 10.0 Å². The molecule has 1 saturated heterocycles. The normalized spacial score (nSPS) is 19.4. The summed E-state index contributed by atoms with van der Waals surface area (Å²) in [6.07, 6.45) is 4.36. The Morgan fingerprint density at radius 3 is 2.72 bits per heavy atom. The highest BCUT2D eigenvalue weighted by Crippen LogP contribution is 2.28. The molecule has 2 aromatic heterocycles. The molecule has 1 aliphatic rings. The van der Waals surface area contributed by atoms with Crippen molar-refractivity contribution in [2.45, 2.75) is 51.5 Å². The Hall–Kier alpha value is -1.74. The van der Waals surface area contributed by atoms with Crippen molar-refractivity contribution >= 4 is 10.0 Å². The summed E-state index contributed by atoms with van der Waals surface area (Å²) >= 11 is 0. The second-order valence-corrected chi connectivity index (χ2v) is 8.61.